The molecular weight excluding hydrogens is 244 g/mol. The molecule has 2 unspecified atom stereocenters. The van der Waals surface area contributed by atoms with E-state index in [2.05, 4.69) is 38.1 Å². The predicted molar refractivity (Wildman–Crippen MR) is 75.2 cm³/mol. The number of hydrogen-bond acceptors (Lipinski definition) is 2. The zero-order valence-corrected chi connectivity index (χ0v) is 11.7. The second-order valence-corrected chi connectivity index (χ2v) is 6.57. The Hall–Kier alpha value is -0.960. The zero-order valence-electron chi connectivity index (χ0n) is 10.9. The molecular formula is C15H20O2S. The number of carboxylic acid groups (broad SMARTS) is 1. The molecule has 1 N–H and O–H groups in total. The monoisotopic (exact) mass is 264 g/mol. The molecule has 2 rings (SSSR count). The second-order valence-electron chi connectivity index (χ2n) is 5.26. The van der Waals surface area contributed by atoms with E-state index in [9.17, 15) is 4.79 Å². The van der Waals surface area contributed by atoms with Crippen LogP contribution in [0.1, 0.15) is 44.6 Å². The molecule has 1 aromatic carbocycles. The van der Waals surface area contributed by atoms with Gasteiger partial charge in [-0.05, 0) is 36.5 Å². The number of thioether (sulfide) groups is 1. The van der Waals surface area contributed by atoms with Gasteiger partial charge in [-0.1, -0.05) is 32.4 Å². The van der Waals surface area contributed by atoms with E-state index in [4.69, 9.17) is 5.11 Å². The van der Waals surface area contributed by atoms with Crippen molar-refractivity contribution in [2.24, 2.45) is 5.92 Å². The van der Waals surface area contributed by atoms with Crippen LogP contribution in [0.5, 0.6) is 0 Å². The Kier molecular flexibility index (Phi) is 4.33. The first-order valence-electron chi connectivity index (χ1n) is 6.57. The molecule has 2 nitrogen and oxygen atoms in total. The van der Waals surface area contributed by atoms with Gasteiger partial charge in [0, 0.05) is 10.1 Å². The normalized spacial score (nSPS) is 23.5. The van der Waals surface area contributed by atoms with E-state index in [0.29, 0.717) is 5.92 Å². The summed E-state index contributed by atoms with van der Waals surface area (Å²) in [4.78, 5) is 12.3. The molecule has 1 fully saturated rings. The van der Waals surface area contributed by atoms with Crippen LogP contribution in [-0.4, -0.2) is 16.3 Å². The van der Waals surface area contributed by atoms with Gasteiger partial charge in [-0.15, -0.1) is 11.8 Å². The number of benzene rings is 1. The standard InChI is InChI=1S/C15H20O2S/c1-10(2)11-6-8-12(9-7-11)18-14-5-3-4-13(14)15(16)17/h6-10,13-14H,3-5H2,1-2H3,(H,16,17). The molecule has 2 atom stereocenters. The quantitative estimate of drug-likeness (QED) is 0.887. The fraction of sp³-hybridized carbons (Fsp3) is 0.533. The van der Waals surface area contributed by atoms with E-state index in [1.807, 2.05) is 0 Å². The summed E-state index contributed by atoms with van der Waals surface area (Å²) < 4.78 is 0. The molecule has 0 heterocycles. The lowest BCUT2D eigenvalue weighted by Crippen LogP contribution is -2.19. The minimum Gasteiger partial charge on any atom is -0.481 e. The molecule has 0 amide bonds. The molecule has 1 aliphatic carbocycles. The van der Waals surface area contributed by atoms with Crippen molar-refractivity contribution in [1.29, 1.82) is 0 Å². The molecule has 98 valence electrons. The molecule has 1 saturated carbocycles. The Morgan fingerprint density at radius 1 is 1.28 bits per heavy atom. The number of aliphatic carboxylic acids is 1. The molecule has 1 aromatic rings. The Morgan fingerprint density at radius 3 is 2.50 bits per heavy atom. The van der Waals surface area contributed by atoms with Crippen molar-refractivity contribution < 1.29 is 9.90 Å². The van der Waals surface area contributed by atoms with Crippen molar-refractivity contribution in [1.82, 2.24) is 0 Å². The van der Waals surface area contributed by atoms with Crippen molar-refractivity contribution in [3.8, 4) is 0 Å². The van der Waals surface area contributed by atoms with Gasteiger partial charge >= 0.3 is 5.97 Å². The highest BCUT2D eigenvalue weighted by Crippen LogP contribution is 2.39. The van der Waals surface area contributed by atoms with Gasteiger partial charge in [0.25, 0.3) is 0 Å². The highest BCUT2D eigenvalue weighted by molar-refractivity contribution is 8.00. The molecule has 0 radical (unpaired) electrons. The number of rotatable bonds is 4. The highest BCUT2D eigenvalue weighted by atomic mass is 32.2. The Balaban J connectivity index is 2.03. The fourth-order valence-corrected chi connectivity index (χ4v) is 3.80. The van der Waals surface area contributed by atoms with Gasteiger partial charge in [-0.25, -0.2) is 0 Å². The van der Waals surface area contributed by atoms with E-state index in [1.54, 1.807) is 11.8 Å². The number of carbonyl (C=O) groups is 1. The molecule has 3 heteroatoms. The van der Waals surface area contributed by atoms with Gasteiger partial charge < -0.3 is 5.11 Å². The second kappa shape index (κ2) is 5.79. The maximum atomic E-state index is 11.1. The minimum absolute atomic E-state index is 0.167. The minimum atomic E-state index is -0.635. The third-order valence-electron chi connectivity index (χ3n) is 3.60. The first-order valence-corrected chi connectivity index (χ1v) is 7.45. The molecule has 0 saturated heterocycles. The summed E-state index contributed by atoms with van der Waals surface area (Å²) in [6, 6.07) is 8.55. The van der Waals surface area contributed by atoms with Crippen LogP contribution >= 0.6 is 11.8 Å². The lowest BCUT2D eigenvalue weighted by atomic mass is 10.0. The van der Waals surface area contributed by atoms with Crippen LogP contribution in [0.3, 0.4) is 0 Å². The van der Waals surface area contributed by atoms with Crippen molar-refractivity contribution in [2.75, 3.05) is 0 Å². The molecule has 0 spiro atoms. The van der Waals surface area contributed by atoms with Crippen molar-refractivity contribution >= 4 is 17.7 Å². The van der Waals surface area contributed by atoms with E-state index in [-0.39, 0.29) is 11.2 Å². The van der Waals surface area contributed by atoms with Crippen molar-refractivity contribution in [3.05, 3.63) is 29.8 Å². The van der Waals surface area contributed by atoms with Gasteiger partial charge in [-0.3, -0.25) is 4.79 Å². The zero-order chi connectivity index (χ0) is 13.1. The van der Waals surface area contributed by atoms with Gasteiger partial charge in [-0.2, -0.15) is 0 Å². The largest absolute Gasteiger partial charge is 0.481 e. The highest BCUT2D eigenvalue weighted by Gasteiger charge is 2.33. The fourth-order valence-electron chi connectivity index (χ4n) is 2.46. The summed E-state index contributed by atoms with van der Waals surface area (Å²) in [7, 11) is 0. The topological polar surface area (TPSA) is 37.3 Å². The van der Waals surface area contributed by atoms with Gasteiger partial charge in [0.15, 0.2) is 0 Å². The molecule has 0 aliphatic heterocycles. The predicted octanol–water partition coefficient (Wildman–Crippen LogP) is 4.16. The third kappa shape index (κ3) is 3.08. The Bertz CT molecular complexity index is 411. The van der Waals surface area contributed by atoms with E-state index >= 15 is 0 Å². The summed E-state index contributed by atoms with van der Waals surface area (Å²) in [5.41, 5.74) is 1.33. The van der Waals surface area contributed by atoms with Crippen LogP contribution in [-0.2, 0) is 4.79 Å². The summed E-state index contributed by atoms with van der Waals surface area (Å²) in [5, 5.41) is 9.41. The maximum absolute atomic E-state index is 11.1. The summed E-state index contributed by atoms with van der Waals surface area (Å²) in [6.07, 6.45) is 2.89. The van der Waals surface area contributed by atoms with Crippen LogP contribution in [0.25, 0.3) is 0 Å². The summed E-state index contributed by atoms with van der Waals surface area (Å²) in [5.74, 6) is -0.258. The van der Waals surface area contributed by atoms with Crippen LogP contribution < -0.4 is 0 Å². The van der Waals surface area contributed by atoms with Crippen LogP contribution in [0.2, 0.25) is 0 Å². The first-order chi connectivity index (χ1) is 8.58. The molecule has 18 heavy (non-hydrogen) atoms. The van der Waals surface area contributed by atoms with E-state index < -0.39 is 5.97 Å². The Morgan fingerprint density at radius 2 is 1.94 bits per heavy atom. The van der Waals surface area contributed by atoms with Crippen molar-refractivity contribution in [2.45, 2.75) is 49.2 Å². The van der Waals surface area contributed by atoms with Gasteiger partial charge in [0.05, 0.1) is 5.92 Å². The van der Waals surface area contributed by atoms with Crippen molar-refractivity contribution in [3.63, 3.8) is 0 Å². The third-order valence-corrected chi connectivity index (χ3v) is 5.02. The molecule has 1 aliphatic rings. The lowest BCUT2D eigenvalue weighted by Gasteiger charge is -2.15. The van der Waals surface area contributed by atoms with Crippen LogP contribution in [0, 0.1) is 5.92 Å². The summed E-state index contributed by atoms with van der Waals surface area (Å²) >= 11 is 1.73. The average Bonchev–Trinajstić information content (AvgIpc) is 2.78. The summed E-state index contributed by atoms with van der Waals surface area (Å²) in [6.45, 7) is 4.36. The van der Waals surface area contributed by atoms with Crippen LogP contribution in [0.15, 0.2) is 29.2 Å². The van der Waals surface area contributed by atoms with Crippen LogP contribution in [0.4, 0.5) is 0 Å². The van der Waals surface area contributed by atoms with E-state index in [0.717, 1.165) is 19.3 Å². The smallest absolute Gasteiger partial charge is 0.307 e. The first kappa shape index (κ1) is 13.5. The average molecular weight is 264 g/mol. The number of hydrogen-bond donors (Lipinski definition) is 1. The Labute approximate surface area is 113 Å². The molecule has 0 aromatic heterocycles. The van der Waals surface area contributed by atoms with Gasteiger partial charge in [0.2, 0.25) is 0 Å². The molecule has 0 bridgehead atoms. The number of carboxylic acids is 1. The maximum Gasteiger partial charge on any atom is 0.307 e. The van der Waals surface area contributed by atoms with Gasteiger partial charge in [0.1, 0.15) is 0 Å². The van der Waals surface area contributed by atoms with E-state index in [1.165, 1.54) is 10.5 Å². The SMILES string of the molecule is CC(C)c1ccc(SC2CCCC2C(=O)O)cc1. The lowest BCUT2D eigenvalue weighted by molar-refractivity contribution is -0.141.